The van der Waals surface area contributed by atoms with Gasteiger partial charge in [-0.3, -0.25) is 4.79 Å². The molecule has 3 aromatic rings. The van der Waals surface area contributed by atoms with Crippen LogP contribution in [0.3, 0.4) is 0 Å². The molecule has 1 fully saturated rings. The van der Waals surface area contributed by atoms with E-state index in [1.807, 2.05) is 12.1 Å². The van der Waals surface area contributed by atoms with E-state index in [4.69, 9.17) is 22.6 Å². The van der Waals surface area contributed by atoms with Crippen LogP contribution in [0.15, 0.2) is 46.7 Å². The molecule has 1 amide bonds. The second-order valence-corrected chi connectivity index (χ2v) is 11.7. The van der Waals surface area contributed by atoms with Crippen molar-refractivity contribution >= 4 is 55.9 Å². The van der Waals surface area contributed by atoms with Crippen molar-refractivity contribution in [2.24, 2.45) is 0 Å². The summed E-state index contributed by atoms with van der Waals surface area (Å²) in [6.07, 6.45) is 0.356. The number of likely N-dealkylation sites (tertiary alicyclic amines) is 1. The highest BCUT2D eigenvalue weighted by Gasteiger charge is 2.35. The number of benzene rings is 1. The molecule has 0 bridgehead atoms. The Morgan fingerprint density at radius 2 is 1.94 bits per heavy atom. The number of rotatable bonds is 6. The van der Waals surface area contributed by atoms with Crippen LogP contribution in [0.4, 0.5) is 5.69 Å². The maximum absolute atomic E-state index is 12.8. The van der Waals surface area contributed by atoms with Crippen LogP contribution in [0.5, 0.6) is 0 Å². The first-order valence-corrected chi connectivity index (χ1v) is 12.7. The summed E-state index contributed by atoms with van der Waals surface area (Å²) >= 11 is 8.46. The molecule has 0 saturated carbocycles. The van der Waals surface area contributed by atoms with E-state index >= 15 is 0 Å². The lowest BCUT2D eigenvalue weighted by atomic mass is 10.1. The van der Waals surface area contributed by atoms with E-state index in [0.29, 0.717) is 34.1 Å². The van der Waals surface area contributed by atoms with Gasteiger partial charge in [-0.1, -0.05) is 11.6 Å². The fourth-order valence-electron chi connectivity index (χ4n) is 3.31. The third-order valence-electron chi connectivity index (χ3n) is 4.89. The molecule has 1 aromatic carbocycles. The molecule has 1 saturated heterocycles. The fourth-order valence-corrected chi connectivity index (χ4v) is 6.99. The number of nitriles is 1. The fraction of sp³-hybridized carbons (Fsp3) is 0.200. The first-order chi connectivity index (χ1) is 14.8. The van der Waals surface area contributed by atoms with Gasteiger partial charge in [0, 0.05) is 28.5 Å². The number of halogens is 1. The molecule has 11 heteroatoms. The number of nitrogens with one attached hydrogen (secondary N) is 1. The molecule has 1 atom stereocenters. The Bertz CT molecular complexity index is 1290. The van der Waals surface area contributed by atoms with Crippen molar-refractivity contribution in [3.63, 3.8) is 0 Å². The maximum Gasteiger partial charge on any atom is 0.250 e. The summed E-state index contributed by atoms with van der Waals surface area (Å²) in [5.74, 6) is -0.313. The molecule has 2 aromatic heterocycles. The highest BCUT2D eigenvalue weighted by molar-refractivity contribution is 7.91. The molecular weight excluding hydrogens is 476 g/mol. The number of nitrogens with two attached hydrogens (primary N) is 1. The van der Waals surface area contributed by atoms with Crippen LogP contribution >= 0.6 is 34.3 Å². The number of amides is 1. The van der Waals surface area contributed by atoms with Crippen LogP contribution < -0.4 is 10.5 Å². The van der Waals surface area contributed by atoms with Crippen LogP contribution in [0.2, 0.25) is 4.34 Å². The minimum absolute atomic E-state index is 0.143. The number of carbonyl (C=O) groups excluding carboxylic acids is 1. The number of hydrogen-bond acceptors (Lipinski definition) is 7. The summed E-state index contributed by atoms with van der Waals surface area (Å²) in [5.41, 5.74) is 7.56. The molecule has 3 heterocycles. The highest BCUT2D eigenvalue weighted by atomic mass is 35.5. The van der Waals surface area contributed by atoms with Crippen molar-refractivity contribution in [1.29, 1.82) is 5.26 Å². The molecular formula is C20H17ClN4O3S3. The molecule has 31 heavy (non-hydrogen) atoms. The van der Waals surface area contributed by atoms with E-state index in [1.54, 1.807) is 35.2 Å². The lowest BCUT2D eigenvalue weighted by Gasteiger charge is -2.18. The van der Waals surface area contributed by atoms with Gasteiger partial charge in [0.05, 0.1) is 16.0 Å². The Morgan fingerprint density at radius 1 is 1.19 bits per heavy atom. The lowest BCUT2D eigenvalue weighted by Crippen LogP contribution is -2.41. The van der Waals surface area contributed by atoms with E-state index in [-0.39, 0.29) is 16.7 Å². The van der Waals surface area contributed by atoms with E-state index < -0.39 is 16.1 Å². The molecule has 1 aliphatic heterocycles. The molecule has 160 valence electrons. The summed E-state index contributed by atoms with van der Waals surface area (Å²) in [6, 6.07) is 13.0. The van der Waals surface area contributed by atoms with Crippen LogP contribution in [0, 0.1) is 11.3 Å². The zero-order valence-corrected chi connectivity index (χ0v) is 19.2. The zero-order valence-electron chi connectivity index (χ0n) is 16.0. The number of hydrogen-bond donors (Lipinski definition) is 2. The lowest BCUT2D eigenvalue weighted by molar-refractivity contribution is -0.129. The van der Waals surface area contributed by atoms with E-state index in [9.17, 15) is 13.2 Å². The molecule has 0 radical (unpaired) electrons. The quantitative estimate of drug-likeness (QED) is 0.509. The molecule has 7 nitrogen and oxygen atoms in total. The minimum atomic E-state index is -3.85. The molecule has 0 spiro atoms. The van der Waals surface area contributed by atoms with Crippen LogP contribution in [0.1, 0.15) is 17.5 Å². The Kier molecular flexibility index (Phi) is 6.05. The predicted molar refractivity (Wildman–Crippen MR) is 122 cm³/mol. The van der Waals surface area contributed by atoms with Gasteiger partial charge >= 0.3 is 0 Å². The summed E-state index contributed by atoms with van der Waals surface area (Å²) < 4.78 is 29.0. The summed E-state index contributed by atoms with van der Waals surface area (Å²) in [5, 5.41) is 9.07. The van der Waals surface area contributed by atoms with Crippen molar-refractivity contribution in [1.82, 2.24) is 9.62 Å². The molecule has 1 aliphatic rings. The summed E-state index contributed by atoms with van der Waals surface area (Å²) in [7, 11) is -3.85. The Labute approximate surface area is 192 Å². The van der Waals surface area contributed by atoms with Gasteiger partial charge in [-0.15, -0.1) is 22.7 Å². The summed E-state index contributed by atoms with van der Waals surface area (Å²) in [6.45, 7) is 0.617. The predicted octanol–water partition coefficient (Wildman–Crippen LogP) is 3.66. The van der Waals surface area contributed by atoms with Gasteiger partial charge < -0.3 is 10.6 Å². The monoisotopic (exact) mass is 492 g/mol. The SMILES string of the molecule is N#Cc1ccc(N)c(CN2CC[C@H](NS(=O)(=O)c3ccc(-c4ccc(Cl)s4)s3)C2=O)c1. The first kappa shape index (κ1) is 21.8. The third-order valence-corrected chi connectivity index (χ3v) is 9.37. The van der Waals surface area contributed by atoms with Crippen molar-refractivity contribution in [3.05, 3.63) is 57.9 Å². The van der Waals surface area contributed by atoms with Crippen molar-refractivity contribution < 1.29 is 13.2 Å². The van der Waals surface area contributed by atoms with Crippen molar-refractivity contribution in [3.8, 4) is 15.8 Å². The van der Waals surface area contributed by atoms with Gasteiger partial charge in [-0.2, -0.15) is 9.98 Å². The van der Waals surface area contributed by atoms with Crippen molar-refractivity contribution in [2.45, 2.75) is 23.2 Å². The normalized spacial score (nSPS) is 16.6. The standard InChI is InChI=1S/C20H17ClN4O3S3/c21-18-5-3-16(29-18)17-4-6-19(30-17)31(27,28)24-15-7-8-25(20(15)26)11-13-9-12(10-22)1-2-14(13)23/h1-6,9,15,24H,7-8,11,23H2/t15-/m0/s1. The number of carbonyl (C=O) groups is 1. The van der Waals surface area contributed by atoms with Crippen LogP contribution in [-0.2, 0) is 21.4 Å². The van der Waals surface area contributed by atoms with E-state index in [2.05, 4.69) is 4.72 Å². The van der Waals surface area contributed by atoms with E-state index in [1.165, 1.54) is 17.4 Å². The second kappa shape index (κ2) is 8.61. The summed E-state index contributed by atoms with van der Waals surface area (Å²) in [4.78, 5) is 16.0. The first-order valence-electron chi connectivity index (χ1n) is 9.22. The van der Waals surface area contributed by atoms with Gasteiger partial charge in [0.25, 0.3) is 10.0 Å². The zero-order chi connectivity index (χ0) is 22.2. The van der Waals surface area contributed by atoms with Gasteiger partial charge in [0.15, 0.2) is 0 Å². The second-order valence-electron chi connectivity index (χ2n) is 6.97. The molecule has 4 rings (SSSR count). The average molecular weight is 493 g/mol. The minimum Gasteiger partial charge on any atom is -0.398 e. The Hall–Kier alpha value is -2.42. The highest BCUT2D eigenvalue weighted by Crippen LogP contribution is 2.37. The van der Waals surface area contributed by atoms with Crippen molar-refractivity contribution in [2.75, 3.05) is 12.3 Å². The Balaban J connectivity index is 1.46. The third kappa shape index (κ3) is 4.61. The number of anilines is 1. The van der Waals surface area contributed by atoms with Gasteiger partial charge in [-0.05, 0) is 54.4 Å². The largest absolute Gasteiger partial charge is 0.398 e. The van der Waals surface area contributed by atoms with Gasteiger partial charge in [-0.25, -0.2) is 8.42 Å². The van der Waals surface area contributed by atoms with Crippen LogP contribution in [-0.4, -0.2) is 31.8 Å². The molecule has 0 aliphatic carbocycles. The number of nitrogens with zero attached hydrogens (tertiary/aromatic N) is 2. The number of sulfonamides is 1. The van der Waals surface area contributed by atoms with E-state index in [0.717, 1.165) is 21.1 Å². The molecule has 3 N–H and O–H groups in total. The topological polar surface area (TPSA) is 116 Å². The average Bonchev–Trinajstić information content (AvgIpc) is 3.46. The van der Waals surface area contributed by atoms with Gasteiger partial charge in [0.1, 0.15) is 10.3 Å². The Morgan fingerprint density at radius 3 is 2.65 bits per heavy atom. The van der Waals surface area contributed by atoms with Crippen LogP contribution in [0.25, 0.3) is 9.75 Å². The smallest absolute Gasteiger partial charge is 0.250 e. The maximum atomic E-state index is 12.8. The number of thiophene rings is 2. The number of nitrogen functional groups attached to an aromatic ring is 1. The molecule has 0 unspecified atom stereocenters. The van der Waals surface area contributed by atoms with Gasteiger partial charge in [0.2, 0.25) is 5.91 Å².